The van der Waals surface area contributed by atoms with Gasteiger partial charge in [0.1, 0.15) is 0 Å². The maximum Gasteiger partial charge on any atom is 0.232 e. The number of piperidine rings is 1. The van der Waals surface area contributed by atoms with Crippen molar-refractivity contribution in [3.05, 3.63) is 0 Å². The Morgan fingerprint density at radius 1 is 1.20 bits per heavy atom. The highest BCUT2D eigenvalue weighted by Gasteiger charge is 2.17. The molecule has 2 heterocycles. The number of aliphatic hydroxyl groups excluding tert-OH is 1. The van der Waals surface area contributed by atoms with E-state index in [1.165, 1.54) is 19.3 Å². The minimum absolute atomic E-state index is 0.0907. The number of aromatic nitrogens is 3. The molecule has 0 saturated carbocycles. The lowest BCUT2D eigenvalue weighted by Crippen LogP contribution is -2.33. The molecular weight excluding hydrogens is 256 g/mol. The number of nitrogens with one attached hydrogen (secondary N) is 1. The molecule has 2 N–H and O–H groups in total. The molecule has 0 amide bonds. The van der Waals surface area contributed by atoms with Crippen LogP contribution in [0.4, 0.5) is 17.8 Å². The van der Waals surface area contributed by atoms with Crippen molar-refractivity contribution in [1.82, 2.24) is 15.0 Å². The summed E-state index contributed by atoms with van der Waals surface area (Å²) >= 11 is 0. The molecule has 0 atom stereocenters. The second-order valence-electron chi connectivity index (χ2n) is 4.86. The summed E-state index contributed by atoms with van der Waals surface area (Å²) in [6.07, 6.45) is 3.65. The standard InChI is InChI=1S/C13H24N6O/c1-3-18(9-10-20)12-15-11(14-2)16-13(17-12)19-7-5-4-6-8-19/h20H,3-10H2,1-2H3,(H,14,15,16,17). The molecule has 0 spiro atoms. The summed E-state index contributed by atoms with van der Waals surface area (Å²) in [5.41, 5.74) is 0. The first-order valence-corrected chi connectivity index (χ1v) is 7.33. The maximum atomic E-state index is 9.13. The van der Waals surface area contributed by atoms with Gasteiger partial charge in [-0.1, -0.05) is 0 Å². The van der Waals surface area contributed by atoms with Gasteiger partial charge in [-0.25, -0.2) is 0 Å². The summed E-state index contributed by atoms with van der Waals surface area (Å²) < 4.78 is 0. The lowest BCUT2D eigenvalue weighted by Gasteiger charge is -2.28. The van der Waals surface area contributed by atoms with Crippen LogP contribution in [0.2, 0.25) is 0 Å². The molecule has 2 rings (SSSR count). The van der Waals surface area contributed by atoms with Crippen LogP contribution in [-0.2, 0) is 0 Å². The maximum absolute atomic E-state index is 9.13. The van der Waals surface area contributed by atoms with Gasteiger partial charge in [0.25, 0.3) is 0 Å². The van der Waals surface area contributed by atoms with Crippen LogP contribution in [0.5, 0.6) is 0 Å². The van der Waals surface area contributed by atoms with E-state index in [1.54, 1.807) is 7.05 Å². The van der Waals surface area contributed by atoms with Crippen LogP contribution in [0.15, 0.2) is 0 Å². The molecule has 20 heavy (non-hydrogen) atoms. The lowest BCUT2D eigenvalue weighted by molar-refractivity contribution is 0.301. The van der Waals surface area contributed by atoms with E-state index in [1.807, 2.05) is 11.8 Å². The lowest BCUT2D eigenvalue weighted by atomic mass is 10.1. The summed E-state index contributed by atoms with van der Waals surface area (Å²) in [4.78, 5) is 17.6. The van der Waals surface area contributed by atoms with E-state index >= 15 is 0 Å². The predicted molar refractivity (Wildman–Crippen MR) is 80.4 cm³/mol. The Morgan fingerprint density at radius 3 is 2.55 bits per heavy atom. The number of hydrogen-bond acceptors (Lipinski definition) is 7. The third-order valence-corrected chi connectivity index (χ3v) is 3.51. The summed E-state index contributed by atoms with van der Waals surface area (Å²) in [7, 11) is 1.81. The van der Waals surface area contributed by atoms with Crippen LogP contribution in [-0.4, -0.2) is 59.9 Å². The Kier molecular flexibility index (Phi) is 5.34. The van der Waals surface area contributed by atoms with Gasteiger partial charge < -0.3 is 20.2 Å². The highest BCUT2D eigenvalue weighted by atomic mass is 16.3. The van der Waals surface area contributed by atoms with Crippen LogP contribution < -0.4 is 15.1 Å². The molecule has 0 radical (unpaired) electrons. The molecule has 7 nitrogen and oxygen atoms in total. The molecule has 0 unspecified atom stereocenters. The Hall–Kier alpha value is -1.63. The minimum atomic E-state index is 0.0907. The van der Waals surface area contributed by atoms with Crippen molar-refractivity contribution in [2.75, 3.05) is 55.0 Å². The molecule has 0 bridgehead atoms. The molecule has 7 heteroatoms. The van der Waals surface area contributed by atoms with Gasteiger partial charge in [-0.3, -0.25) is 0 Å². The Labute approximate surface area is 120 Å². The van der Waals surface area contributed by atoms with Crippen LogP contribution in [0.25, 0.3) is 0 Å². The predicted octanol–water partition coefficient (Wildman–Crippen LogP) is 0.722. The second kappa shape index (κ2) is 7.23. The molecule has 1 aromatic rings. The zero-order valence-electron chi connectivity index (χ0n) is 12.3. The second-order valence-corrected chi connectivity index (χ2v) is 4.86. The van der Waals surface area contributed by atoms with Crippen molar-refractivity contribution >= 4 is 17.8 Å². The SMILES string of the molecule is CCN(CCO)c1nc(NC)nc(N2CCCCC2)n1. The van der Waals surface area contributed by atoms with E-state index in [0.29, 0.717) is 18.4 Å². The van der Waals surface area contributed by atoms with Crippen molar-refractivity contribution < 1.29 is 5.11 Å². The van der Waals surface area contributed by atoms with E-state index in [2.05, 4.69) is 25.2 Å². The molecule has 0 aliphatic carbocycles. The fourth-order valence-corrected chi connectivity index (χ4v) is 2.36. The number of aliphatic hydroxyl groups is 1. The highest BCUT2D eigenvalue weighted by molar-refractivity contribution is 5.45. The summed E-state index contributed by atoms with van der Waals surface area (Å²) in [5.74, 6) is 1.93. The van der Waals surface area contributed by atoms with Crippen molar-refractivity contribution in [1.29, 1.82) is 0 Å². The Bertz CT molecular complexity index is 398. The van der Waals surface area contributed by atoms with E-state index in [4.69, 9.17) is 5.11 Å². The minimum Gasteiger partial charge on any atom is -0.395 e. The van der Waals surface area contributed by atoms with E-state index in [-0.39, 0.29) is 6.61 Å². The zero-order valence-corrected chi connectivity index (χ0v) is 12.3. The third kappa shape index (κ3) is 3.47. The van der Waals surface area contributed by atoms with Gasteiger partial charge in [-0.15, -0.1) is 0 Å². The van der Waals surface area contributed by atoms with Crippen LogP contribution in [0.1, 0.15) is 26.2 Å². The Morgan fingerprint density at radius 2 is 1.95 bits per heavy atom. The average molecular weight is 280 g/mol. The first-order valence-electron chi connectivity index (χ1n) is 7.33. The van der Waals surface area contributed by atoms with Gasteiger partial charge >= 0.3 is 0 Å². The van der Waals surface area contributed by atoms with E-state index in [0.717, 1.165) is 25.6 Å². The van der Waals surface area contributed by atoms with Gasteiger partial charge in [-0.05, 0) is 26.2 Å². The molecule has 1 aromatic heterocycles. The summed E-state index contributed by atoms with van der Waals surface area (Å²) in [5, 5.41) is 12.1. The zero-order chi connectivity index (χ0) is 14.4. The monoisotopic (exact) mass is 280 g/mol. The fourth-order valence-electron chi connectivity index (χ4n) is 2.36. The summed E-state index contributed by atoms with van der Waals surface area (Å²) in [6, 6.07) is 0. The molecule has 1 fully saturated rings. The van der Waals surface area contributed by atoms with Crippen LogP contribution >= 0.6 is 0 Å². The normalized spacial score (nSPS) is 15.2. The first kappa shape index (κ1) is 14.8. The van der Waals surface area contributed by atoms with Crippen LogP contribution in [0.3, 0.4) is 0 Å². The largest absolute Gasteiger partial charge is 0.395 e. The molecule has 1 saturated heterocycles. The number of likely N-dealkylation sites (N-methyl/N-ethyl adjacent to an activating group) is 1. The quantitative estimate of drug-likeness (QED) is 0.795. The van der Waals surface area contributed by atoms with Crippen molar-refractivity contribution in [2.45, 2.75) is 26.2 Å². The smallest absolute Gasteiger partial charge is 0.232 e. The Balaban J connectivity index is 2.27. The number of rotatable bonds is 6. The third-order valence-electron chi connectivity index (χ3n) is 3.51. The van der Waals surface area contributed by atoms with Gasteiger partial charge in [0.15, 0.2) is 0 Å². The molecule has 1 aliphatic rings. The van der Waals surface area contributed by atoms with Gasteiger partial charge in [0.05, 0.1) is 6.61 Å². The number of anilines is 3. The topological polar surface area (TPSA) is 77.4 Å². The molecule has 112 valence electrons. The van der Waals surface area contributed by atoms with Gasteiger partial charge in [0.2, 0.25) is 17.8 Å². The van der Waals surface area contributed by atoms with Crippen LogP contribution in [0, 0.1) is 0 Å². The average Bonchev–Trinajstić information content (AvgIpc) is 2.53. The van der Waals surface area contributed by atoms with Crippen molar-refractivity contribution in [3.63, 3.8) is 0 Å². The van der Waals surface area contributed by atoms with E-state index in [9.17, 15) is 0 Å². The highest BCUT2D eigenvalue weighted by Crippen LogP contribution is 2.19. The van der Waals surface area contributed by atoms with Crippen molar-refractivity contribution in [2.24, 2.45) is 0 Å². The molecule has 1 aliphatic heterocycles. The number of nitrogens with zero attached hydrogens (tertiary/aromatic N) is 5. The van der Waals surface area contributed by atoms with Crippen molar-refractivity contribution in [3.8, 4) is 0 Å². The van der Waals surface area contributed by atoms with E-state index < -0.39 is 0 Å². The summed E-state index contributed by atoms with van der Waals surface area (Å²) in [6.45, 7) is 5.40. The van der Waals surface area contributed by atoms with Gasteiger partial charge in [0, 0.05) is 33.2 Å². The fraction of sp³-hybridized carbons (Fsp3) is 0.769. The molecular formula is C13H24N6O. The molecule has 0 aromatic carbocycles. The number of hydrogen-bond donors (Lipinski definition) is 2. The first-order chi connectivity index (χ1) is 9.78. The van der Waals surface area contributed by atoms with Gasteiger partial charge in [-0.2, -0.15) is 15.0 Å².